The first-order chi connectivity index (χ1) is 9.54. The smallest absolute Gasteiger partial charge is 0.240 e. The molecule has 3 nitrogen and oxygen atoms in total. The van der Waals surface area contributed by atoms with E-state index in [1.165, 1.54) is 6.07 Å². The predicted octanol–water partition coefficient (Wildman–Crippen LogP) is 2.36. The van der Waals surface area contributed by atoms with Gasteiger partial charge in [0.15, 0.2) is 0 Å². The third-order valence-electron chi connectivity index (χ3n) is 4.28. The van der Waals surface area contributed by atoms with Crippen LogP contribution >= 0.6 is 0 Å². The zero-order chi connectivity index (χ0) is 14.6. The summed E-state index contributed by atoms with van der Waals surface area (Å²) < 4.78 is 13.0. The molecule has 1 saturated carbocycles. The summed E-state index contributed by atoms with van der Waals surface area (Å²) in [6.07, 6.45) is 4.62. The van der Waals surface area contributed by atoms with Crippen molar-refractivity contribution in [3.8, 4) is 0 Å². The van der Waals surface area contributed by atoms with Gasteiger partial charge in [-0.3, -0.25) is 9.69 Å². The number of benzene rings is 1. The zero-order valence-electron chi connectivity index (χ0n) is 12.3. The lowest BCUT2D eigenvalue weighted by Gasteiger charge is -2.45. The topological polar surface area (TPSA) is 32.3 Å². The molecule has 0 radical (unpaired) electrons. The van der Waals surface area contributed by atoms with Crippen LogP contribution in [0.5, 0.6) is 0 Å². The fourth-order valence-electron chi connectivity index (χ4n) is 2.74. The summed E-state index contributed by atoms with van der Waals surface area (Å²) in [6, 6.07) is 6.63. The Labute approximate surface area is 120 Å². The number of amides is 1. The van der Waals surface area contributed by atoms with E-state index in [2.05, 4.69) is 5.32 Å². The van der Waals surface area contributed by atoms with Crippen molar-refractivity contribution in [2.45, 2.75) is 37.6 Å². The predicted molar refractivity (Wildman–Crippen MR) is 78.0 cm³/mol. The first kappa shape index (κ1) is 15.0. The molecule has 0 heterocycles. The van der Waals surface area contributed by atoms with E-state index in [0.717, 1.165) is 37.7 Å². The summed E-state index contributed by atoms with van der Waals surface area (Å²) in [5.74, 6) is -0.0689. The average molecular weight is 278 g/mol. The van der Waals surface area contributed by atoms with Gasteiger partial charge < -0.3 is 5.32 Å². The minimum atomic E-state index is -0.293. The van der Waals surface area contributed by atoms with Crippen molar-refractivity contribution in [2.24, 2.45) is 0 Å². The Morgan fingerprint density at radius 3 is 2.70 bits per heavy atom. The van der Waals surface area contributed by atoms with Gasteiger partial charge in [0.25, 0.3) is 0 Å². The van der Waals surface area contributed by atoms with Crippen LogP contribution in [-0.4, -0.2) is 37.0 Å². The SMILES string of the molecule is CN(C)C1(C(=O)NCCCc2cccc(F)c2)CCC1. The van der Waals surface area contributed by atoms with Gasteiger partial charge in [-0.05, 0) is 63.9 Å². The van der Waals surface area contributed by atoms with Crippen LogP contribution in [0.1, 0.15) is 31.2 Å². The molecule has 4 heteroatoms. The number of hydrogen-bond acceptors (Lipinski definition) is 2. The standard InChI is InChI=1S/C16H23FN2O/c1-19(2)16(9-5-10-16)15(20)18-11-4-7-13-6-3-8-14(17)12-13/h3,6,8,12H,4-5,7,9-11H2,1-2H3,(H,18,20). The van der Waals surface area contributed by atoms with E-state index in [4.69, 9.17) is 0 Å². The van der Waals surface area contributed by atoms with Gasteiger partial charge in [-0.15, -0.1) is 0 Å². The highest BCUT2D eigenvalue weighted by atomic mass is 19.1. The minimum absolute atomic E-state index is 0.132. The average Bonchev–Trinajstić information content (AvgIpc) is 2.33. The maximum atomic E-state index is 13.0. The van der Waals surface area contributed by atoms with Crippen molar-refractivity contribution < 1.29 is 9.18 Å². The van der Waals surface area contributed by atoms with Gasteiger partial charge in [0, 0.05) is 6.54 Å². The molecule has 20 heavy (non-hydrogen) atoms. The van der Waals surface area contributed by atoms with Crippen LogP contribution in [0.4, 0.5) is 4.39 Å². The van der Waals surface area contributed by atoms with E-state index in [-0.39, 0.29) is 17.3 Å². The number of nitrogens with one attached hydrogen (secondary N) is 1. The molecule has 1 N–H and O–H groups in total. The molecule has 0 aliphatic heterocycles. The van der Waals surface area contributed by atoms with Crippen LogP contribution in [0.25, 0.3) is 0 Å². The quantitative estimate of drug-likeness (QED) is 0.810. The molecular formula is C16H23FN2O. The molecule has 0 spiro atoms. The van der Waals surface area contributed by atoms with Gasteiger partial charge in [0.2, 0.25) is 5.91 Å². The van der Waals surface area contributed by atoms with E-state index in [1.807, 2.05) is 25.1 Å². The van der Waals surface area contributed by atoms with Crippen LogP contribution in [-0.2, 0) is 11.2 Å². The number of likely N-dealkylation sites (N-methyl/N-ethyl adjacent to an activating group) is 1. The van der Waals surface area contributed by atoms with Crippen LogP contribution in [0.15, 0.2) is 24.3 Å². The molecule has 1 aromatic carbocycles. The fraction of sp³-hybridized carbons (Fsp3) is 0.562. The monoisotopic (exact) mass is 278 g/mol. The number of halogens is 1. The summed E-state index contributed by atoms with van der Waals surface area (Å²) in [7, 11) is 3.93. The Bertz CT molecular complexity index is 469. The number of carbonyl (C=O) groups is 1. The number of hydrogen-bond donors (Lipinski definition) is 1. The van der Waals surface area contributed by atoms with Gasteiger partial charge in [0.05, 0.1) is 5.54 Å². The molecule has 0 atom stereocenters. The molecule has 1 fully saturated rings. The molecular weight excluding hydrogens is 255 g/mol. The molecule has 0 aromatic heterocycles. The van der Waals surface area contributed by atoms with Crippen molar-refractivity contribution in [1.82, 2.24) is 10.2 Å². The van der Waals surface area contributed by atoms with Crippen molar-refractivity contribution in [2.75, 3.05) is 20.6 Å². The lowest BCUT2D eigenvalue weighted by atomic mass is 9.75. The van der Waals surface area contributed by atoms with E-state index < -0.39 is 0 Å². The van der Waals surface area contributed by atoms with E-state index in [9.17, 15) is 9.18 Å². The maximum Gasteiger partial charge on any atom is 0.240 e. The van der Waals surface area contributed by atoms with Gasteiger partial charge in [-0.25, -0.2) is 4.39 Å². The Balaban J connectivity index is 1.75. The molecule has 0 saturated heterocycles. The molecule has 1 aliphatic rings. The summed E-state index contributed by atoms with van der Waals surface area (Å²) in [6.45, 7) is 0.644. The van der Waals surface area contributed by atoms with Crippen LogP contribution in [0, 0.1) is 5.82 Å². The third-order valence-corrected chi connectivity index (χ3v) is 4.28. The first-order valence-electron chi connectivity index (χ1n) is 7.25. The summed E-state index contributed by atoms with van der Waals surface area (Å²) >= 11 is 0. The molecule has 110 valence electrons. The second-order valence-corrected chi connectivity index (χ2v) is 5.77. The van der Waals surface area contributed by atoms with Gasteiger partial charge in [-0.1, -0.05) is 12.1 Å². The van der Waals surface area contributed by atoms with E-state index >= 15 is 0 Å². The molecule has 0 unspecified atom stereocenters. The van der Waals surface area contributed by atoms with Crippen LogP contribution in [0.2, 0.25) is 0 Å². The van der Waals surface area contributed by atoms with Crippen molar-refractivity contribution in [3.63, 3.8) is 0 Å². The molecule has 1 aliphatic carbocycles. The molecule has 1 aromatic rings. The highest BCUT2D eigenvalue weighted by Crippen LogP contribution is 2.36. The van der Waals surface area contributed by atoms with Crippen LogP contribution < -0.4 is 5.32 Å². The van der Waals surface area contributed by atoms with Gasteiger partial charge in [-0.2, -0.15) is 0 Å². The first-order valence-corrected chi connectivity index (χ1v) is 7.25. The summed E-state index contributed by atoms with van der Waals surface area (Å²) in [5.41, 5.74) is 0.684. The van der Waals surface area contributed by atoms with Crippen LogP contribution in [0.3, 0.4) is 0 Å². The lowest BCUT2D eigenvalue weighted by molar-refractivity contribution is -0.137. The molecule has 1 amide bonds. The highest BCUT2D eigenvalue weighted by molar-refractivity contribution is 5.87. The molecule has 2 rings (SSSR count). The summed E-state index contributed by atoms with van der Waals surface area (Å²) in [4.78, 5) is 14.3. The minimum Gasteiger partial charge on any atom is -0.354 e. The zero-order valence-corrected chi connectivity index (χ0v) is 12.3. The van der Waals surface area contributed by atoms with Crippen molar-refractivity contribution in [1.29, 1.82) is 0 Å². The normalized spacial score (nSPS) is 16.8. The van der Waals surface area contributed by atoms with Crippen molar-refractivity contribution in [3.05, 3.63) is 35.6 Å². The largest absolute Gasteiger partial charge is 0.354 e. The Morgan fingerprint density at radius 2 is 2.15 bits per heavy atom. The van der Waals surface area contributed by atoms with Gasteiger partial charge >= 0.3 is 0 Å². The van der Waals surface area contributed by atoms with Crippen molar-refractivity contribution >= 4 is 5.91 Å². The lowest BCUT2D eigenvalue weighted by Crippen LogP contribution is -2.60. The maximum absolute atomic E-state index is 13.0. The second-order valence-electron chi connectivity index (χ2n) is 5.77. The number of aryl methyl sites for hydroxylation is 1. The van der Waals surface area contributed by atoms with E-state index in [1.54, 1.807) is 12.1 Å². The van der Waals surface area contributed by atoms with E-state index in [0.29, 0.717) is 6.54 Å². The number of rotatable bonds is 6. The Hall–Kier alpha value is -1.42. The summed E-state index contributed by atoms with van der Waals surface area (Å²) in [5, 5.41) is 3.02. The highest BCUT2D eigenvalue weighted by Gasteiger charge is 2.45. The Kier molecular flexibility index (Phi) is 4.76. The number of carbonyl (C=O) groups excluding carboxylic acids is 1. The fourth-order valence-corrected chi connectivity index (χ4v) is 2.74. The third kappa shape index (κ3) is 3.18. The van der Waals surface area contributed by atoms with Gasteiger partial charge in [0.1, 0.15) is 5.82 Å². The number of nitrogens with zero attached hydrogens (tertiary/aromatic N) is 1. The second kappa shape index (κ2) is 6.35. The Morgan fingerprint density at radius 1 is 1.40 bits per heavy atom. The molecule has 0 bridgehead atoms.